The van der Waals surface area contributed by atoms with Crippen molar-refractivity contribution in [3.05, 3.63) is 30.1 Å². The summed E-state index contributed by atoms with van der Waals surface area (Å²) in [5.41, 5.74) is 2.61. The van der Waals surface area contributed by atoms with Crippen molar-refractivity contribution in [2.24, 2.45) is 4.99 Å². The number of rotatable bonds is 2. The molecule has 2 heterocycles. The lowest BCUT2D eigenvalue weighted by Gasteiger charge is -1.98. The van der Waals surface area contributed by atoms with Crippen molar-refractivity contribution >= 4 is 5.71 Å². The van der Waals surface area contributed by atoms with E-state index in [0.29, 0.717) is 0 Å². The Morgan fingerprint density at radius 2 is 2.42 bits per heavy atom. The van der Waals surface area contributed by atoms with Crippen molar-refractivity contribution in [2.45, 2.75) is 19.3 Å². The molecule has 0 fully saturated rings. The molecule has 0 unspecified atom stereocenters. The molecule has 2 nitrogen and oxygen atoms in total. The summed E-state index contributed by atoms with van der Waals surface area (Å²) >= 11 is 0. The molecule has 0 N–H and O–H groups in total. The Balaban J connectivity index is 2.04. The van der Waals surface area contributed by atoms with E-state index in [1.165, 1.54) is 24.1 Å². The van der Waals surface area contributed by atoms with Crippen molar-refractivity contribution in [2.75, 3.05) is 6.54 Å². The highest BCUT2D eigenvalue weighted by Crippen LogP contribution is 2.08. The lowest BCUT2D eigenvalue weighted by molar-refractivity contribution is 0.949. The van der Waals surface area contributed by atoms with Crippen molar-refractivity contribution in [3.63, 3.8) is 0 Å². The second kappa shape index (κ2) is 3.48. The van der Waals surface area contributed by atoms with Gasteiger partial charge in [0, 0.05) is 31.1 Å². The van der Waals surface area contributed by atoms with Crippen LogP contribution in [0, 0.1) is 0 Å². The third-order valence-electron chi connectivity index (χ3n) is 2.09. The molecular formula is C10H12N2. The number of hydrogen-bond acceptors (Lipinski definition) is 2. The van der Waals surface area contributed by atoms with Crippen molar-refractivity contribution in [1.82, 2.24) is 4.98 Å². The van der Waals surface area contributed by atoms with Crippen molar-refractivity contribution < 1.29 is 0 Å². The normalized spacial score (nSPS) is 16.2. The molecule has 1 aliphatic heterocycles. The van der Waals surface area contributed by atoms with Gasteiger partial charge in [0.2, 0.25) is 0 Å². The fraction of sp³-hybridized carbons (Fsp3) is 0.400. The van der Waals surface area contributed by atoms with Gasteiger partial charge in [-0.2, -0.15) is 0 Å². The second-order valence-corrected chi connectivity index (χ2v) is 3.09. The molecule has 0 atom stereocenters. The zero-order valence-corrected chi connectivity index (χ0v) is 7.03. The first-order valence-corrected chi connectivity index (χ1v) is 4.36. The van der Waals surface area contributed by atoms with Crippen molar-refractivity contribution in [3.8, 4) is 0 Å². The fourth-order valence-corrected chi connectivity index (χ4v) is 1.48. The summed E-state index contributed by atoms with van der Waals surface area (Å²) in [6.07, 6.45) is 7.12. The van der Waals surface area contributed by atoms with Crippen LogP contribution < -0.4 is 0 Å². The average molecular weight is 160 g/mol. The molecule has 0 aliphatic carbocycles. The lowest BCUT2D eigenvalue weighted by atomic mass is 10.1. The highest BCUT2D eigenvalue weighted by atomic mass is 14.8. The molecule has 2 heteroatoms. The number of pyridine rings is 1. The minimum Gasteiger partial charge on any atom is -0.294 e. The zero-order valence-electron chi connectivity index (χ0n) is 7.03. The molecule has 0 aromatic carbocycles. The largest absolute Gasteiger partial charge is 0.294 e. The highest BCUT2D eigenvalue weighted by molar-refractivity contribution is 5.87. The Labute approximate surface area is 72.4 Å². The van der Waals surface area contributed by atoms with Crippen LogP contribution in [-0.2, 0) is 6.42 Å². The second-order valence-electron chi connectivity index (χ2n) is 3.09. The summed E-state index contributed by atoms with van der Waals surface area (Å²) < 4.78 is 0. The summed E-state index contributed by atoms with van der Waals surface area (Å²) in [4.78, 5) is 8.49. The molecule has 1 aromatic rings. The van der Waals surface area contributed by atoms with Crippen LogP contribution in [0.3, 0.4) is 0 Å². The fourth-order valence-electron chi connectivity index (χ4n) is 1.48. The Bertz CT molecular complexity index is 277. The maximum atomic E-state index is 4.42. The van der Waals surface area contributed by atoms with E-state index in [4.69, 9.17) is 0 Å². The van der Waals surface area contributed by atoms with Gasteiger partial charge >= 0.3 is 0 Å². The van der Waals surface area contributed by atoms with E-state index in [1.54, 1.807) is 6.20 Å². The van der Waals surface area contributed by atoms with Crippen LogP contribution in [0.4, 0.5) is 0 Å². The quantitative estimate of drug-likeness (QED) is 0.648. The van der Waals surface area contributed by atoms with Crippen LogP contribution in [0.1, 0.15) is 18.4 Å². The van der Waals surface area contributed by atoms with Crippen LogP contribution in [0.15, 0.2) is 29.5 Å². The molecule has 0 radical (unpaired) electrons. The van der Waals surface area contributed by atoms with Gasteiger partial charge in [-0.15, -0.1) is 0 Å². The lowest BCUT2D eigenvalue weighted by Crippen LogP contribution is -1.98. The van der Waals surface area contributed by atoms with Gasteiger partial charge in [-0.25, -0.2) is 0 Å². The number of hydrogen-bond donors (Lipinski definition) is 0. The summed E-state index contributed by atoms with van der Waals surface area (Å²) in [6.45, 7) is 1.02. The molecule has 2 rings (SSSR count). The standard InChI is InChI=1S/C10H12N2/c1-3-9(8-11-5-1)7-10-4-2-6-12-10/h1,3,5,8H,2,4,6-7H2. The van der Waals surface area contributed by atoms with Crippen LogP contribution >= 0.6 is 0 Å². The van der Waals surface area contributed by atoms with Gasteiger partial charge in [-0.05, 0) is 24.5 Å². The minimum absolute atomic E-state index is 0.994. The van der Waals surface area contributed by atoms with E-state index in [2.05, 4.69) is 16.0 Å². The van der Waals surface area contributed by atoms with E-state index < -0.39 is 0 Å². The van der Waals surface area contributed by atoms with Gasteiger partial charge in [0.15, 0.2) is 0 Å². The molecule has 0 bridgehead atoms. The van der Waals surface area contributed by atoms with Gasteiger partial charge < -0.3 is 0 Å². The molecular weight excluding hydrogens is 148 g/mol. The van der Waals surface area contributed by atoms with E-state index in [0.717, 1.165) is 13.0 Å². The monoisotopic (exact) mass is 160 g/mol. The molecule has 0 amide bonds. The maximum Gasteiger partial charge on any atom is 0.0392 e. The summed E-state index contributed by atoms with van der Waals surface area (Å²) in [6, 6.07) is 4.08. The SMILES string of the molecule is c1cncc(CC2=NCCC2)c1. The zero-order chi connectivity index (χ0) is 8.23. The van der Waals surface area contributed by atoms with E-state index in [-0.39, 0.29) is 0 Å². The summed E-state index contributed by atoms with van der Waals surface area (Å²) in [5, 5.41) is 0. The molecule has 0 saturated heterocycles. The first kappa shape index (κ1) is 7.47. The summed E-state index contributed by atoms with van der Waals surface area (Å²) in [7, 11) is 0. The van der Waals surface area contributed by atoms with Crippen LogP contribution in [0.2, 0.25) is 0 Å². The number of nitrogens with zero attached hydrogens (tertiary/aromatic N) is 2. The smallest absolute Gasteiger partial charge is 0.0392 e. The Morgan fingerprint density at radius 1 is 1.42 bits per heavy atom. The van der Waals surface area contributed by atoms with Gasteiger partial charge in [-0.3, -0.25) is 9.98 Å². The highest BCUT2D eigenvalue weighted by Gasteiger charge is 2.06. The average Bonchev–Trinajstić information content (AvgIpc) is 2.59. The molecule has 0 spiro atoms. The van der Waals surface area contributed by atoms with Crippen LogP contribution in [0.25, 0.3) is 0 Å². The van der Waals surface area contributed by atoms with Gasteiger partial charge in [-0.1, -0.05) is 6.07 Å². The summed E-state index contributed by atoms with van der Waals surface area (Å²) in [5.74, 6) is 0. The van der Waals surface area contributed by atoms with Gasteiger partial charge in [0.25, 0.3) is 0 Å². The van der Waals surface area contributed by atoms with Gasteiger partial charge in [0.05, 0.1) is 0 Å². The molecule has 62 valence electrons. The Kier molecular flexibility index (Phi) is 2.16. The minimum atomic E-state index is 0.994. The van der Waals surface area contributed by atoms with Gasteiger partial charge in [0.1, 0.15) is 0 Å². The predicted octanol–water partition coefficient (Wildman–Crippen LogP) is 1.86. The maximum absolute atomic E-state index is 4.42. The third-order valence-corrected chi connectivity index (χ3v) is 2.09. The van der Waals surface area contributed by atoms with Crippen LogP contribution in [-0.4, -0.2) is 17.2 Å². The third kappa shape index (κ3) is 1.70. The first-order chi connectivity index (χ1) is 5.95. The molecule has 1 aliphatic rings. The van der Waals surface area contributed by atoms with E-state index >= 15 is 0 Å². The number of aliphatic imine (C=N–C) groups is 1. The van der Waals surface area contributed by atoms with E-state index in [1.807, 2.05) is 12.3 Å². The topological polar surface area (TPSA) is 25.2 Å². The first-order valence-electron chi connectivity index (χ1n) is 4.36. The molecule has 0 saturated carbocycles. The predicted molar refractivity (Wildman–Crippen MR) is 49.5 cm³/mol. The number of aromatic nitrogens is 1. The van der Waals surface area contributed by atoms with E-state index in [9.17, 15) is 0 Å². The molecule has 1 aromatic heterocycles. The Morgan fingerprint density at radius 3 is 3.08 bits per heavy atom. The van der Waals surface area contributed by atoms with Crippen molar-refractivity contribution in [1.29, 1.82) is 0 Å². The molecule has 12 heavy (non-hydrogen) atoms. The Hall–Kier alpha value is -1.18. The van der Waals surface area contributed by atoms with Crippen LogP contribution in [0.5, 0.6) is 0 Å².